The molecule has 7 heteroatoms. The second kappa shape index (κ2) is 5.45. The molecule has 1 unspecified atom stereocenters. The number of hydrogen-bond donors (Lipinski definition) is 2. The number of Topliss-reactive ketones (excluding diaryl/α,β-unsaturated/α-hetero) is 1. The zero-order valence-electron chi connectivity index (χ0n) is 14.2. The molecule has 5 nitrogen and oxygen atoms in total. The van der Waals surface area contributed by atoms with Gasteiger partial charge in [-0.2, -0.15) is 0 Å². The topological polar surface area (TPSA) is 72.8 Å². The standard InChI is InChI=1S/C19H16F2N4O/c1-19(2)16(26)15(18-23-12-5-3-4-6-13(12)24-18)17(22)25(19)14-9-10(20)7-8-11(14)21/h3-9,15,22H,1-2H3,(H,23,24). The van der Waals surface area contributed by atoms with Crippen molar-refractivity contribution in [3.63, 3.8) is 0 Å². The third-order valence-electron chi connectivity index (χ3n) is 4.77. The Morgan fingerprint density at radius 2 is 1.92 bits per heavy atom. The zero-order chi connectivity index (χ0) is 18.6. The Morgan fingerprint density at radius 1 is 1.19 bits per heavy atom. The number of aromatic nitrogens is 2. The average molecular weight is 354 g/mol. The van der Waals surface area contributed by atoms with Crippen LogP contribution >= 0.6 is 0 Å². The summed E-state index contributed by atoms with van der Waals surface area (Å²) >= 11 is 0. The van der Waals surface area contributed by atoms with Crippen LogP contribution in [0, 0.1) is 17.0 Å². The smallest absolute Gasteiger partial charge is 0.176 e. The molecule has 132 valence electrons. The Bertz CT molecular complexity index is 1020. The molecule has 0 amide bonds. The van der Waals surface area contributed by atoms with Crippen LogP contribution in [-0.4, -0.2) is 27.1 Å². The number of carbonyl (C=O) groups is 1. The zero-order valence-corrected chi connectivity index (χ0v) is 14.2. The number of nitrogens with zero attached hydrogens (tertiary/aromatic N) is 2. The van der Waals surface area contributed by atoms with Crippen LogP contribution in [0.5, 0.6) is 0 Å². The number of halogens is 2. The molecule has 0 bridgehead atoms. The highest BCUT2D eigenvalue weighted by Crippen LogP contribution is 2.40. The van der Waals surface area contributed by atoms with Crippen molar-refractivity contribution in [3.05, 3.63) is 59.9 Å². The number of H-pyrrole nitrogens is 1. The molecule has 1 fully saturated rings. The van der Waals surface area contributed by atoms with Gasteiger partial charge in [-0.3, -0.25) is 10.2 Å². The number of imidazole rings is 1. The second-order valence-corrected chi connectivity index (χ2v) is 6.81. The van der Waals surface area contributed by atoms with Crippen LogP contribution in [0.25, 0.3) is 11.0 Å². The minimum Gasteiger partial charge on any atom is -0.341 e. The van der Waals surface area contributed by atoms with Gasteiger partial charge in [-0.1, -0.05) is 12.1 Å². The van der Waals surface area contributed by atoms with E-state index in [1.54, 1.807) is 19.9 Å². The van der Waals surface area contributed by atoms with Gasteiger partial charge in [0.25, 0.3) is 0 Å². The number of para-hydroxylation sites is 2. The van der Waals surface area contributed by atoms with Crippen LogP contribution in [0.15, 0.2) is 42.5 Å². The number of nitrogens with one attached hydrogen (secondary N) is 2. The monoisotopic (exact) mass is 354 g/mol. The maximum atomic E-state index is 14.3. The van der Waals surface area contributed by atoms with Crippen molar-refractivity contribution in [1.29, 1.82) is 5.41 Å². The number of hydrogen-bond acceptors (Lipinski definition) is 3. The van der Waals surface area contributed by atoms with E-state index >= 15 is 0 Å². The Kier molecular flexibility index (Phi) is 3.44. The molecule has 1 atom stereocenters. The van der Waals surface area contributed by atoms with Crippen molar-refractivity contribution in [2.24, 2.45) is 0 Å². The van der Waals surface area contributed by atoms with Crippen LogP contribution in [-0.2, 0) is 4.79 Å². The van der Waals surface area contributed by atoms with E-state index in [9.17, 15) is 13.6 Å². The molecule has 1 saturated heterocycles. The number of carbonyl (C=O) groups excluding carboxylic acids is 1. The van der Waals surface area contributed by atoms with Gasteiger partial charge in [0.05, 0.1) is 16.7 Å². The van der Waals surface area contributed by atoms with Crippen LogP contribution in [0.3, 0.4) is 0 Å². The summed E-state index contributed by atoms with van der Waals surface area (Å²) in [6, 6.07) is 10.3. The molecule has 0 radical (unpaired) electrons. The summed E-state index contributed by atoms with van der Waals surface area (Å²) in [5.74, 6) is -2.41. The van der Waals surface area contributed by atoms with Gasteiger partial charge in [-0.25, -0.2) is 13.8 Å². The summed E-state index contributed by atoms with van der Waals surface area (Å²) in [5.41, 5.74) is 0.0783. The molecule has 2 heterocycles. The van der Waals surface area contributed by atoms with E-state index in [-0.39, 0.29) is 17.3 Å². The number of ketones is 1. The summed E-state index contributed by atoms with van der Waals surface area (Å²) in [6.45, 7) is 3.19. The predicted octanol–water partition coefficient (Wildman–Crippen LogP) is 3.77. The molecule has 2 aromatic carbocycles. The van der Waals surface area contributed by atoms with E-state index in [1.165, 1.54) is 4.90 Å². The summed E-state index contributed by atoms with van der Waals surface area (Å²) in [4.78, 5) is 21.8. The van der Waals surface area contributed by atoms with Gasteiger partial charge in [-0.15, -0.1) is 0 Å². The Hall–Kier alpha value is -3.09. The van der Waals surface area contributed by atoms with Gasteiger partial charge < -0.3 is 9.88 Å². The lowest BCUT2D eigenvalue weighted by Gasteiger charge is -2.31. The first-order chi connectivity index (χ1) is 12.3. The number of fused-ring (bicyclic) bond motifs is 1. The molecule has 26 heavy (non-hydrogen) atoms. The molecule has 1 aliphatic heterocycles. The molecule has 2 N–H and O–H groups in total. The highest BCUT2D eigenvalue weighted by atomic mass is 19.1. The third kappa shape index (κ3) is 2.23. The third-order valence-corrected chi connectivity index (χ3v) is 4.77. The van der Waals surface area contributed by atoms with Gasteiger partial charge in [0.2, 0.25) is 0 Å². The first-order valence-corrected chi connectivity index (χ1v) is 8.13. The van der Waals surface area contributed by atoms with Gasteiger partial charge in [0, 0.05) is 6.07 Å². The minimum atomic E-state index is -1.21. The molecule has 1 aromatic heterocycles. The van der Waals surface area contributed by atoms with Crippen molar-refractivity contribution >= 4 is 28.3 Å². The molecule has 0 aliphatic carbocycles. The highest BCUT2D eigenvalue weighted by Gasteiger charge is 2.53. The fourth-order valence-corrected chi connectivity index (χ4v) is 3.47. The minimum absolute atomic E-state index is 0.132. The lowest BCUT2D eigenvalue weighted by atomic mass is 9.93. The van der Waals surface area contributed by atoms with Gasteiger partial charge in [-0.05, 0) is 38.1 Å². The highest BCUT2D eigenvalue weighted by molar-refractivity contribution is 6.25. The predicted molar refractivity (Wildman–Crippen MR) is 94.5 cm³/mol. The van der Waals surface area contributed by atoms with Crippen LogP contribution in [0.2, 0.25) is 0 Å². The average Bonchev–Trinajstić information content (AvgIpc) is 3.07. The Labute approximate surface area is 148 Å². The van der Waals surface area contributed by atoms with E-state index in [0.29, 0.717) is 11.3 Å². The first-order valence-electron chi connectivity index (χ1n) is 8.13. The normalized spacial score (nSPS) is 19.5. The maximum absolute atomic E-state index is 14.3. The van der Waals surface area contributed by atoms with E-state index in [4.69, 9.17) is 5.41 Å². The maximum Gasteiger partial charge on any atom is 0.176 e. The molecule has 0 spiro atoms. The molecule has 0 saturated carbocycles. The number of rotatable bonds is 2. The van der Waals surface area contributed by atoms with Crippen molar-refractivity contribution in [1.82, 2.24) is 9.97 Å². The van der Waals surface area contributed by atoms with Crippen LogP contribution in [0.4, 0.5) is 14.5 Å². The fraction of sp³-hybridized carbons (Fsp3) is 0.211. The van der Waals surface area contributed by atoms with E-state index < -0.39 is 23.1 Å². The van der Waals surface area contributed by atoms with Gasteiger partial charge in [0.15, 0.2) is 5.78 Å². The molecule has 1 aliphatic rings. The molecule has 3 aromatic rings. The Balaban J connectivity index is 1.85. The van der Waals surface area contributed by atoms with Crippen LogP contribution in [0.1, 0.15) is 25.6 Å². The van der Waals surface area contributed by atoms with E-state index in [0.717, 1.165) is 23.7 Å². The van der Waals surface area contributed by atoms with Crippen LogP contribution < -0.4 is 4.90 Å². The lowest BCUT2D eigenvalue weighted by molar-refractivity contribution is -0.121. The molecular weight excluding hydrogens is 338 g/mol. The van der Waals surface area contributed by atoms with Crippen molar-refractivity contribution < 1.29 is 13.6 Å². The molecular formula is C19H16F2N4O. The second-order valence-electron chi connectivity index (χ2n) is 6.81. The summed E-state index contributed by atoms with van der Waals surface area (Å²) in [6.07, 6.45) is 0. The Morgan fingerprint density at radius 3 is 2.65 bits per heavy atom. The number of anilines is 1. The van der Waals surface area contributed by atoms with Crippen molar-refractivity contribution in [3.8, 4) is 0 Å². The summed E-state index contributed by atoms with van der Waals surface area (Å²) in [7, 11) is 0. The molecule has 4 rings (SSSR count). The van der Waals surface area contributed by atoms with Gasteiger partial charge >= 0.3 is 0 Å². The number of benzene rings is 2. The summed E-state index contributed by atoms with van der Waals surface area (Å²) in [5, 5.41) is 8.52. The fourth-order valence-electron chi connectivity index (χ4n) is 3.47. The summed E-state index contributed by atoms with van der Waals surface area (Å²) < 4.78 is 28.0. The largest absolute Gasteiger partial charge is 0.341 e. The van der Waals surface area contributed by atoms with E-state index in [1.807, 2.05) is 18.2 Å². The van der Waals surface area contributed by atoms with Gasteiger partial charge in [0.1, 0.15) is 34.8 Å². The number of aromatic amines is 1. The van der Waals surface area contributed by atoms with Crippen molar-refractivity contribution in [2.45, 2.75) is 25.3 Å². The van der Waals surface area contributed by atoms with Crippen molar-refractivity contribution in [2.75, 3.05) is 4.90 Å². The lowest BCUT2D eigenvalue weighted by Crippen LogP contribution is -2.45. The first kappa shape index (κ1) is 16.4. The number of amidine groups is 1. The van der Waals surface area contributed by atoms with E-state index in [2.05, 4.69) is 9.97 Å². The quantitative estimate of drug-likeness (QED) is 0.736. The SMILES string of the molecule is CC1(C)C(=O)C(c2nc3ccccc3[nH]2)C(=N)N1c1cc(F)ccc1F.